The van der Waals surface area contributed by atoms with E-state index in [0.29, 0.717) is 0 Å². The molecule has 2 nitrogen and oxygen atoms in total. The van der Waals surface area contributed by atoms with Crippen molar-refractivity contribution in [2.45, 2.75) is 12.2 Å². The Bertz CT molecular complexity index is 58.7. The second-order valence-electron chi connectivity index (χ2n) is 1.79. The van der Waals surface area contributed by atoms with E-state index in [9.17, 15) is 0 Å². The zero-order valence-corrected chi connectivity index (χ0v) is 4.96. The predicted molar refractivity (Wildman–Crippen MR) is 30.1 cm³/mol. The van der Waals surface area contributed by atoms with Crippen LogP contribution in [-0.4, -0.2) is 34.7 Å². The van der Waals surface area contributed by atoms with Crippen LogP contribution in [0, 0.1) is 0 Å². The van der Waals surface area contributed by atoms with Gasteiger partial charge in [-0.2, -0.15) is 0 Å². The lowest BCUT2D eigenvalue weighted by Gasteiger charge is -2.02. The molecule has 1 rings (SSSR count). The molecule has 2 atom stereocenters. The first-order valence-electron chi connectivity index (χ1n) is 2.37. The van der Waals surface area contributed by atoms with Crippen molar-refractivity contribution < 1.29 is 10.2 Å². The predicted octanol–water partition coefficient (Wildman–Crippen LogP) is -0.600. The highest BCUT2D eigenvalue weighted by molar-refractivity contribution is 7.38. The summed E-state index contributed by atoms with van der Waals surface area (Å²) in [6.45, 7) is 0. The number of hydrogen-bond acceptors (Lipinski definition) is 2. The van der Waals surface area contributed by atoms with Crippen LogP contribution in [0.25, 0.3) is 0 Å². The van der Waals surface area contributed by atoms with Crippen molar-refractivity contribution in [2.75, 3.05) is 12.3 Å². The van der Waals surface area contributed by atoms with E-state index < -0.39 is 12.2 Å². The molecule has 0 radical (unpaired) electrons. The molecule has 1 aliphatic rings. The third-order valence-electron chi connectivity index (χ3n) is 1.15. The number of rotatable bonds is 0. The van der Waals surface area contributed by atoms with E-state index in [1.54, 1.807) is 0 Å². The summed E-state index contributed by atoms with van der Waals surface area (Å²) in [6, 6.07) is 0. The van der Waals surface area contributed by atoms with Gasteiger partial charge in [0.15, 0.2) is 0 Å². The van der Waals surface area contributed by atoms with E-state index in [1.807, 2.05) is 0 Å². The van der Waals surface area contributed by atoms with Gasteiger partial charge in [0.25, 0.3) is 0 Å². The summed E-state index contributed by atoms with van der Waals surface area (Å²) in [7, 11) is 0.769. The number of hydrogen-bond donors (Lipinski definition) is 2. The minimum atomic E-state index is -0.418. The highest BCUT2D eigenvalue weighted by atomic mass is 31.1. The van der Waals surface area contributed by atoms with Crippen LogP contribution in [0.5, 0.6) is 0 Å². The molecule has 7 heavy (non-hydrogen) atoms. The van der Waals surface area contributed by atoms with Crippen LogP contribution in [0.1, 0.15) is 0 Å². The third-order valence-corrected chi connectivity index (χ3v) is 2.57. The molecule has 0 aromatic rings. The van der Waals surface area contributed by atoms with Crippen LogP contribution < -0.4 is 0 Å². The van der Waals surface area contributed by atoms with Gasteiger partial charge in [0.1, 0.15) is 0 Å². The summed E-state index contributed by atoms with van der Waals surface area (Å²) >= 11 is 0. The molecule has 0 amide bonds. The molecule has 42 valence electrons. The SMILES string of the molecule is OC1CPCC1O. The molecule has 2 N–H and O–H groups in total. The van der Waals surface area contributed by atoms with E-state index in [2.05, 4.69) is 0 Å². The molecule has 0 bridgehead atoms. The monoisotopic (exact) mass is 120 g/mol. The zero-order chi connectivity index (χ0) is 5.28. The minimum absolute atomic E-state index is 0.418. The lowest BCUT2D eigenvalue weighted by Crippen LogP contribution is -2.22. The van der Waals surface area contributed by atoms with Crippen LogP contribution in [0.4, 0.5) is 0 Å². The summed E-state index contributed by atoms with van der Waals surface area (Å²) in [5.74, 6) is 0. The summed E-state index contributed by atoms with van der Waals surface area (Å²) in [5, 5.41) is 17.5. The summed E-state index contributed by atoms with van der Waals surface area (Å²) in [4.78, 5) is 0. The Labute approximate surface area is 44.3 Å². The van der Waals surface area contributed by atoms with Gasteiger partial charge in [0.2, 0.25) is 0 Å². The number of aliphatic hydroxyl groups excluding tert-OH is 2. The Kier molecular flexibility index (Phi) is 1.63. The molecule has 2 unspecified atom stereocenters. The highest BCUT2D eigenvalue weighted by Crippen LogP contribution is 2.23. The fourth-order valence-electron chi connectivity index (χ4n) is 0.651. The molecule has 0 spiro atoms. The quantitative estimate of drug-likeness (QED) is 0.419. The Morgan fingerprint density at radius 3 is 1.71 bits per heavy atom. The van der Waals surface area contributed by atoms with Crippen molar-refractivity contribution in [1.29, 1.82) is 0 Å². The van der Waals surface area contributed by atoms with Crippen molar-refractivity contribution >= 4 is 8.58 Å². The molecule has 1 saturated heterocycles. The van der Waals surface area contributed by atoms with Gasteiger partial charge in [0, 0.05) is 0 Å². The van der Waals surface area contributed by atoms with Crippen LogP contribution in [0.15, 0.2) is 0 Å². The van der Waals surface area contributed by atoms with E-state index in [1.165, 1.54) is 0 Å². The van der Waals surface area contributed by atoms with Gasteiger partial charge < -0.3 is 10.2 Å². The second-order valence-corrected chi connectivity index (χ2v) is 3.11. The van der Waals surface area contributed by atoms with Gasteiger partial charge in [-0.15, -0.1) is 8.58 Å². The summed E-state index contributed by atoms with van der Waals surface area (Å²) < 4.78 is 0. The van der Waals surface area contributed by atoms with Crippen molar-refractivity contribution in [3.05, 3.63) is 0 Å². The normalized spacial score (nSPS) is 45.4. The third kappa shape index (κ3) is 1.12. The maximum Gasteiger partial charge on any atom is 0.0839 e. The van der Waals surface area contributed by atoms with Crippen LogP contribution in [0.2, 0.25) is 0 Å². The van der Waals surface area contributed by atoms with Gasteiger partial charge in [-0.25, -0.2) is 0 Å². The van der Waals surface area contributed by atoms with E-state index in [-0.39, 0.29) is 0 Å². The molecule has 3 heteroatoms. The van der Waals surface area contributed by atoms with Crippen molar-refractivity contribution in [1.82, 2.24) is 0 Å². The molecule has 1 fully saturated rings. The Morgan fingerprint density at radius 2 is 1.57 bits per heavy atom. The van der Waals surface area contributed by atoms with Crippen molar-refractivity contribution in [3.63, 3.8) is 0 Å². The molecule has 0 saturated carbocycles. The first kappa shape index (κ1) is 5.49. The van der Waals surface area contributed by atoms with E-state index in [0.717, 1.165) is 20.9 Å². The van der Waals surface area contributed by atoms with Crippen LogP contribution >= 0.6 is 8.58 Å². The van der Waals surface area contributed by atoms with Crippen molar-refractivity contribution in [2.24, 2.45) is 0 Å². The Morgan fingerprint density at radius 1 is 1.14 bits per heavy atom. The summed E-state index contributed by atoms with van der Waals surface area (Å²) in [6.07, 6.45) is 0.777. The largest absolute Gasteiger partial charge is 0.390 e. The fourth-order valence-corrected chi connectivity index (χ4v) is 1.95. The fraction of sp³-hybridized carbons (Fsp3) is 1.00. The van der Waals surface area contributed by atoms with Crippen LogP contribution in [-0.2, 0) is 0 Å². The van der Waals surface area contributed by atoms with Gasteiger partial charge in [0.05, 0.1) is 12.2 Å². The average Bonchev–Trinajstić information content (AvgIpc) is 1.91. The smallest absolute Gasteiger partial charge is 0.0839 e. The minimum Gasteiger partial charge on any atom is -0.390 e. The van der Waals surface area contributed by atoms with Gasteiger partial charge >= 0.3 is 0 Å². The first-order chi connectivity index (χ1) is 3.30. The van der Waals surface area contributed by atoms with E-state index >= 15 is 0 Å². The lowest BCUT2D eigenvalue weighted by molar-refractivity contribution is 0.0572. The maximum absolute atomic E-state index is 8.75. The van der Waals surface area contributed by atoms with Gasteiger partial charge in [-0.3, -0.25) is 0 Å². The molecule has 0 aromatic heterocycles. The molecule has 1 heterocycles. The van der Waals surface area contributed by atoms with Gasteiger partial charge in [-0.05, 0) is 12.3 Å². The Balaban J connectivity index is 2.33. The molecule has 0 aliphatic carbocycles. The van der Waals surface area contributed by atoms with Gasteiger partial charge in [-0.1, -0.05) is 0 Å². The molecule has 1 aliphatic heterocycles. The molecular formula is C4H9O2P. The van der Waals surface area contributed by atoms with E-state index in [4.69, 9.17) is 10.2 Å². The Hall–Kier alpha value is 0.350. The standard InChI is InChI=1S/C4H9O2P/c5-3-1-7-2-4(3)6/h3-7H,1-2H2. The molecule has 0 aromatic carbocycles. The number of aliphatic hydroxyl groups is 2. The second kappa shape index (κ2) is 2.08. The van der Waals surface area contributed by atoms with Crippen molar-refractivity contribution in [3.8, 4) is 0 Å². The first-order valence-corrected chi connectivity index (χ1v) is 3.79. The van der Waals surface area contributed by atoms with Crippen LogP contribution in [0.3, 0.4) is 0 Å². The maximum atomic E-state index is 8.75. The zero-order valence-electron chi connectivity index (χ0n) is 3.96. The average molecular weight is 120 g/mol. The summed E-state index contributed by atoms with van der Waals surface area (Å²) in [5.41, 5.74) is 0. The molecular weight excluding hydrogens is 111 g/mol. The lowest BCUT2D eigenvalue weighted by atomic mass is 10.3. The topological polar surface area (TPSA) is 40.5 Å². The highest BCUT2D eigenvalue weighted by Gasteiger charge is 2.21.